The van der Waals surface area contributed by atoms with E-state index in [1.807, 2.05) is 41.2 Å². The van der Waals surface area contributed by atoms with Gasteiger partial charge in [0, 0.05) is 30.1 Å². The van der Waals surface area contributed by atoms with Crippen molar-refractivity contribution in [2.45, 2.75) is 6.92 Å². The summed E-state index contributed by atoms with van der Waals surface area (Å²) in [4.78, 5) is 23.0. The third-order valence-electron chi connectivity index (χ3n) is 4.70. The van der Waals surface area contributed by atoms with E-state index >= 15 is 0 Å². The lowest BCUT2D eigenvalue weighted by Gasteiger charge is -2.08. The number of para-hydroxylation sites is 1. The minimum absolute atomic E-state index is 0.0255. The van der Waals surface area contributed by atoms with Gasteiger partial charge in [-0.05, 0) is 55.0 Å². The number of furan rings is 1. The molecule has 31 heavy (non-hydrogen) atoms. The molecule has 0 atom stereocenters. The standard InChI is InChI=1S/C23H18N4O4/c1-16-14-17(27(29)30)8-10-19(16)22-11-9-18(31-22)15-24-25-23(28)20-6-2-3-7-21(20)26-12-4-5-13-26/h2-15H,1H3,(H,25,28)/b24-15-. The maximum absolute atomic E-state index is 12.6. The van der Waals surface area contributed by atoms with Crippen LogP contribution in [0.15, 0.2) is 88.6 Å². The molecule has 8 nitrogen and oxygen atoms in total. The summed E-state index contributed by atoms with van der Waals surface area (Å²) in [5.41, 5.74) is 5.24. The molecule has 0 fully saturated rings. The third kappa shape index (κ3) is 4.27. The second kappa shape index (κ2) is 8.50. The Labute approximate surface area is 177 Å². The molecular weight excluding hydrogens is 396 g/mol. The van der Waals surface area contributed by atoms with Crippen LogP contribution in [0.2, 0.25) is 0 Å². The minimum atomic E-state index is -0.436. The van der Waals surface area contributed by atoms with Crippen molar-refractivity contribution in [1.29, 1.82) is 0 Å². The Bertz CT molecular complexity index is 1270. The van der Waals surface area contributed by atoms with Crippen LogP contribution in [0.1, 0.15) is 21.7 Å². The van der Waals surface area contributed by atoms with Crippen molar-refractivity contribution >= 4 is 17.8 Å². The fraction of sp³-hybridized carbons (Fsp3) is 0.0435. The monoisotopic (exact) mass is 414 g/mol. The smallest absolute Gasteiger partial charge is 0.273 e. The average Bonchev–Trinajstić information content (AvgIpc) is 3.46. The normalized spacial score (nSPS) is 11.0. The van der Waals surface area contributed by atoms with Crippen molar-refractivity contribution in [1.82, 2.24) is 9.99 Å². The van der Waals surface area contributed by atoms with Crippen LogP contribution in [-0.4, -0.2) is 21.6 Å². The molecule has 0 spiro atoms. The highest BCUT2D eigenvalue weighted by molar-refractivity contribution is 5.98. The number of nitro groups is 1. The maximum Gasteiger partial charge on any atom is 0.273 e. The number of nitrogens with zero attached hydrogens (tertiary/aromatic N) is 3. The second-order valence-corrected chi connectivity index (χ2v) is 6.76. The van der Waals surface area contributed by atoms with E-state index in [9.17, 15) is 14.9 Å². The Hall–Kier alpha value is -4.46. The quantitative estimate of drug-likeness (QED) is 0.280. The Balaban J connectivity index is 1.47. The number of aromatic nitrogens is 1. The molecule has 0 saturated carbocycles. The van der Waals surface area contributed by atoms with Gasteiger partial charge in [0.2, 0.25) is 0 Å². The number of nitrogens with one attached hydrogen (secondary N) is 1. The number of hydrogen-bond donors (Lipinski definition) is 1. The van der Waals surface area contributed by atoms with Gasteiger partial charge in [0.25, 0.3) is 11.6 Å². The summed E-state index contributed by atoms with van der Waals surface area (Å²) in [6.07, 6.45) is 5.13. The first-order valence-electron chi connectivity index (χ1n) is 9.44. The van der Waals surface area contributed by atoms with Gasteiger partial charge in [-0.15, -0.1) is 0 Å². The Kier molecular flexibility index (Phi) is 5.44. The lowest BCUT2D eigenvalue weighted by molar-refractivity contribution is -0.384. The summed E-state index contributed by atoms with van der Waals surface area (Å²) in [5.74, 6) is 0.642. The first-order valence-corrected chi connectivity index (χ1v) is 9.44. The van der Waals surface area contributed by atoms with E-state index in [0.717, 1.165) is 16.8 Å². The fourth-order valence-electron chi connectivity index (χ4n) is 3.21. The van der Waals surface area contributed by atoms with E-state index in [1.54, 1.807) is 37.3 Å². The van der Waals surface area contributed by atoms with Gasteiger partial charge >= 0.3 is 0 Å². The molecule has 0 unspecified atom stereocenters. The van der Waals surface area contributed by atoms with Gasteiger partial charge in [-0.1, -0.05) is 12.1 Å². The molecule has 2 heterocycles. The molecule has 2 aromatic carbocycles. The van der Waals surface area contributed by atoms with Crippen LogP contribution in [0, 0.1) is 17.0 Å². The molecule has 0 radical (unpaired) electrons. The molecular formula is C23H18N4O4. The predicted molar refractivity (Wildman–Crippen MR) is 116 cm³/mol. The van der Waals surface area contributed by atoms with Crippen molar-refractivity contribution in [3.63, 3.8) is 0 Å². The zero-order valence-corrected chi connectivity index (χ0v) is 16.6. The number of carbonyl (C=O) groups is 1. The van der Waals surface area contributed by atoms with Crippen LogP contribution in [0.3, 0.4) is 0 Å². The number of aryl methyl sites for hydroxylation is 1. The van der Waals surface area contributed by atoms with Crippen LogP contribution in [0.4, 0.5) is 5.69 Å². The fourth-order valence-corrected chi connectivity index (χ4v) is 3.21. The lowest BCUT2D eigenvalue weighted by atomic mass is 10.1. The number of hydrogen-bond acceptors (Lipinski definition) is 5. The molecule has 2 aromatic heterocycles. The topological polar surface area (TPSA) is 103 Å². The number of amides is 1. The highest BCUT2D eigenvalue weighted by Crippen LogP contribution is 2.28. The van der Waals surface area contributed by atoms with E-state index in [4.69, 9.17) is 4.42 Å². The van der Waals surface area contributed by atoms with E-state index in [1.165, 1.54) is 18.3 Å². The van der Waals surface area contributed by atoms with Crippen LogP contribution < -0.4 is 5.43 Å². The molecule has 154 valence electrons. The number of hydrazone groups is 1. The van der Waals surface area contributed by atoms with Gasteiger partial charge in [0.15, 0.2) is 0 Å². The highest BCUT2D eigenvalue weighted by Gasteiger charge is 2.13. The van der Waals surface area contributed by atoms with Crippen LogP contribution in [0.5, 0.6) is 0 Å². The van der Waals surface area contributed by atoms with E-state index in [-0.39, 0.29) is 11.6 Å². The molecule has 4 aromatic rings. The molecule has 8 heteroatoms. The zero-order chi connectivity index (χ0) is 21.8. The van der Waals surface area contributed by atoms with Crippen molar-refractivity contribution < 1.29 is 14.1 Å². The van der Waals surface area contributed by atoms with Gasteiger partial charge in [-0.25, -0.2) is 5.43 Å². The Morgan fingerprint density at radius 1 is 1.10 bits per heavy atom. The number of benzene rings is 2. The van der Waals surface area contributed by atoms with Gasteiger partial charge < -0.3 is 8.98 Å². The third-order valence-corrected chi connectivity index (χ3v) is 4.70. The van der Waals surface area contributed by atoms with Gasteiger partial charge in [-0.3, -0.25) is 14.9 Å². The van der Waals surface area contributed by atoms with Crippen molar-refractivity contribution in [2.24, 2.45) is 5.10 Å². The number of rotatable bonds is 6. The Morgan fingerprint density at radius 3 is 2.61 bits per heavy atom. The van der Waals surface area contributed by atoms with Crippen LogP contribution in [-0.2, 0) is 0 Å². The zero-order valence-electron chi connectivity index (χ0n) is 16.6. The SMILES string of the molecule is Cc1cc([N+](=O)[O-])ccc1-c1ccc(/C=N\NC(=O)c2ccccc2-n2cccc2)o1. The molecule has 1 amide bonds. The van der Waals surface area contributed by atoms with Crippen molar-refractivity contribution in [2.75, 3.05) is 0 Å². The highest BCUT2D eigenvalue weighted by atomic mass is 16.6. The average molecular weight is 414 g/mol. The minimum Gasteiger partial charge on any atom is -0.455 e. The van der Waals surface area contributed by atoms with Crippen LogP contribution >= 0.6 is 0 Å². The molecule has 0 aliphatic carbocycles. The lowest BCUT2D eigenvalue weighted by Crippen LogP contribution is -2.19. The molecule has 4 rings (SSSR count). The molecule has 0 aliphatic rings. The largest absolute Gasteiger partial charge is 0.455 e. The van der Waals surface area contributed by atoms with Crippen molar-refractivity contribution in [3.8, 4) is 17.0 Å². The Morgan fingerprint density at radius 2 is 1.87 bits per heavy atom. The van der Waals surface area contributed by atoms with Gasteiger partial charge in [-0.2, -0.15) is 5.10 Å². The molecule has 0 bridgehead atoms. The number of non-ortho nitro benzene ring substituents is 1. The second-order valence-electron chi connectivity index (χ2n) is 6.76. The first kappa shape index (κ1) is 19.8. The van der Waals surface area contributed by atoms with Crippen molar-refractivity contribution in [3.05, 3.63) is 106 Å². The number of carbonyl (C=O) groups excluding carboxylic acids is 1. The summed E-state index contributed by atoms with van der Waals surface area (Å²) in [6, 6.07) is 19.0. The summed E-state index contributed by atoms with van der Waals surface area (Å²) >= 11 is 0. The molecule has 0 aliphatic heterocycles. The molecule has 0 saturated heterocycles. The summed E-state index contributed by atoms with van der Waals surface area (Å²) in [5, 5.41) is 14.9. The number of nitro benzene ring substituents is 1. The van der Waals surface area contributed by atoms with Gasteiger partial charge in [0.1, 0.15) is 11.5 Å². The van der Waals surface area contributed by atoms with E-state index in [0.29, 0.717) is 17.1 Å². The van der Waals surface area contributed by atoms with E-state index in [2.05, 4.69) is 10.5 Å². The van der Waals surface area contributed by atoms with E-state index < -0.39 is 4.92 Å². The maximum atomic E-state index is 12.6. The summed E-state index contributed by atoms with van der Waals surface area (Å²) in [7, 11) is 0. The van der Waals surface area contributed by atoms with Gasteiger partial charge in [0.05, 0.1) is 22.4 Å². The molecule has 1 N–H and O–H groups in total. The predicted octanol–water partition coefficient (Wildman–Crippen LogP) is 4.72. The summed E-state index contributed by atoms with van der Waals surface area (Å²) in [6.45, 7) is 1.78. The first-order chi connectivity index (χ1) is 15.0. The summed E-state index contributed by atoms with van der Waals surface area (Å²) < 4.78 is 7.60. The van der Waals surface area contributed by atoms with Crippen LogP contribution in [0.25, 0.3) is 17.0 Å².